The van der Waals surface area contributed by atoms with E-state index in [2.05, 4.69) is 5.32 Å². The van der Waals surface area contributed by atoms with E-state index in [4.69, 9.17) is 0 Å². The summed E-state index contributed by atoms with van der Waals surface area (Å²) < 4.78 is 14.5. The van der Waals surface area contributed by atoms with Gasteiger partial charge in [0.25, 0.3) is 5.91 Å². The predicted octanol–water partition coefficient (Wildman–Crippen LogP) is 3.26. The lowest BCUT2D eigenvalue weighted by Crippen LogP contribution is -2.12. The number of fused-ring (bicyclic) bond motifs is 1. The van der Waals surface area contributed by atoms with E-state index in [1.165, 1.54) is 24.3 Å². The second-order valence-electron chi connectivity index (χ2n) is 5.17. The third-order valence-electron chi connectivity index (χ3n) is 3.66. The van der Waals surface area contributed by atoms with E-state index < -0.39 is 11.9 Å². The summed E-state index contributed by atoms with van der Waals surface area (Å²) in [6, 6.07) is 5.73. The minimum absolute atomic E-state index is 0.248. The normalized spacial score (nSPS) is 15.0. The van der Waals surface area contributed by atoms with Crippen molar-refractivity contribution in [3.05, 3.63) is 52.6 Å². The maximum absolute atomic E-state index is 13.4. The molecule has 1 aliphatic heterocycles. The molecule has 0 saturated carbocycles. The van der Waals surface area contributed by atoms with Crippen molar-refractivity contribution in [2.45, 2.75) is 13.8 Å². The second-order valence-corrected chi connectivity index (χ2v) is 5.17. The fourth-order valence-corrected chi connectivity index (χ4v) is 2.69. The molecule has 1 aliphatic rings. The van der Waals surface area contributed by atoms with Gasteiger partial charge in [0.05, 0.1) is 11.3 Å². The van der Waals surface area contributed by atoms with Gasteiger partial charge in [-0.2, -0.15) is 0 Å². The molecule has 0 atom stereocenters. The zero-order valence-electron chi connectivity index (χ0n) is 12.0. The van der Waals surface area contributed by atoms with Gasteiger partial charge in [0.15, 0.2) is 0 Å². The van der Waals surface area contributed by atoms with Crippen LogP contribution >= 0.6 is 0 Å². The Balaban J connectivity index is 2.21. The summed E-state index contributed by atoms with van der Waals surface area (Å²) in [7, 11) is 0. The van der Waals surface area contributed by atoms with Crippen LogP contribution in [0.15, 0.2) is 24.3 Å². The zero-order valence-corrected chi connectivity index (χ0v) is 12.0. The van der Waals surface area contributed by atoms with E-state index in [1.54, 1.807) is 19.9 Å². The monoisotopic (exact) mass is 300 g/mol. The number of carbonyl (C=O) groups is 2. The van der Waals surface area contributed by atoms with E-state index in [0.717, 1.165) is 10.1 Å². The van der Waals surface area contributed by atoms with Crippen molar-refractivity contribution in [1.29, 1.82) is 0 Å². The molecule has 2 aromatic rings. The van der Waals surface area contributed by atoms with Gasteiger partial charge in [-0.3, -0.25) is 9.36 Å². The van der Waals surface area contributed by atoms with Gasteiger partial charge in [0.1, 0.15) is 5.82 Å². The van der Waals surface area contributed by atoms with Gasteiger partial charge in [-0.25, -0.2) is 9.18 Å². The lowest BCUT2D eigenvalue weighted by Gasteiger charge is -2.04. The molecule has 0 spiro atoms. The molecule has 1 amide bonds. The number of aryl methyl sites for hydroxylation is 2. The van der Waals surface area contributed by atoms with Crippen LogP contribution in [-0.4, -0.2) is 21.7 Å². The molecule has 1 aromatic carbocycles. The number of halogens is 1. The molecule has 0 aliphatic carbocycles. The molecule has 0 fully saturated rings. The Bertz CT molecular complexity index is 849. The Morgan fingerprint density at radius 2 is 2.05 bits per heavy atom. The summed E-state index contributed by atoms with van der Waals surface area (Å²) in [4.78, 5) is 23.5. The molecule has 0 unspecified atom stereocenters. The Kier molecular flexibility index (Phi) is 3.09. The van der Waals surface area contributed by atoms with E-state index in [-0.39, 0.29) is 11.5 Å². The molecule has 6 heteroatoms. The molecule has 2 heterocycles. The first kappa shape index (κ1) is 14.1. The molecule has 22 heavy (non-hydrogen) atoms. The molecular formula is C16H13FN2O3. The average Bonchev–Trinajstić information content (AvgIpc) is 2.88. The molecule has 0 saturated heterocycles. The summed E-state index contributed by atoms with van der Waals surface area (Å²) in [5, 5.41) is 12.0. The van der Waals surface area contributed by atoms with Crippen LogP contribution in [0, 0.1) is 19.7 Å². The van der Waals surface area contributed by atoms with Gasteiger partial charge in [-0.15, -0.1) is 0 Å². The minimum Gasteiger partial charge on any atom is -0.464 e. The van der Waals surface area contributed by atoms with E-state index in [9.17, 15) is 19.1 Å². The minimum atomic E-state index is -1.13. The van der Waals surface area contributed by atoms with Crippen molar-refractivity contribution in [2.24, 2.45) is 0 Å². The first-order valence-electron chi connectivity index (χ1n) is 6.63. The van der Waals surface area contributed by atoms with Gasteiger partial charge in [-0.1, -0.05) is 0 Å². The fraction of sp³-hybridized carbons (Fsp3) is 0.125. The van der Waals surface area contributed by atoms with Gasteiger partial charge >= 0.3 is 6.09 Å². The van der Waals surface area contributed by atoms with Gasteiger partial charge in [0, 0.05) is 16.9 Å². The first-order valence-corrected chi connectivity index (χ1v) is 6.63. The highest BCUT2D eigenvalue weighted by molar-refractivity contribution is 6.34. The average molecular weight is 300 g/mol. The Morgan fingerprint density at radius 1 is 1.32 bits per heavy atom. The number of carbonyl (C=O) groups excluding carboxylic acids is 1. The summed E-state index contributed by atoms with van der Waals surface area (Å²) in [5.74, 6) is -0.835. The predicted molar refractivity (Wildman–Crippen MR) is 80.2 cm³/mol. The lowest BCUT2D eigenvalue weighted by atomic mass is 10.0. The van der Waals surface area contributed by atoms with E-state index >= 15 is 0 Å². The van der Waals surface area contributed by atoms with Crippen molar-refractivity contribution >= 4 is 29.3 Å². The standard InChI is InChI=1S/C16H13FN2O3/c1-8-5-9(2)19(16(21)22)14(8)7-12-11-6-10(17)3-4-13(11)18-15(12)20/h3-7H,1-2H3,(H,18,20)(H,21,22). The third kappa shape index (κ3) is 2.09. The highest BCUT2D eigenvalue weighted by atomic mass is 19.1. The second kappa shape index (κ2) is 4.84. The van der Waals surface area contributed by atoms with Crippen LogP contribution in [0.25, 0.3) is 11.6 Å². The SMILES string of the molecule is Cc1cc(C)n(C(=O)O)c1C=C1C(=O)Nc2ccc(F)cc21. The molecule has 0 radical (unpaired) electrons. The maximum Gasteiger partial charge on any atom is 0.416 e. The van der Waals surface area contributed by atoms with E-state index in [1.807, 2.05) is 0 Å². The number of hydrogen-bond donors (Lipinski definition) is 2. The van der Waals surface area contributed by atoms with Gasteiger partial charge in [0.2, 0.25) is 0 Å². The third-order valence-corrected chi connectivity index (χ3v) is 3.66. The van der Waals surface area contributed by atoms with E-state index in [0.29, 0.717) is 22.6 Å². The highest BCUT2D eigenvalue weighted by Crippen LogP contribution is 2.34. The van der Waals surface area contributed by atoms with Gasteiger partial charge < -0.3 is 10.4 Å². The quantitative estimate of drug-likeness (QED) is 0.794. The highest BCUT2D eigenvalue weighted by Gasteiger charge is 2.26. The van der Waals surface area contributed by atoms with Crippen molar-refractivity contribution in [2.75, 3.05) is 5.32 Å². The molecule has 3 rings (SSSR count). The summed E-state index contributed by atoms with van der Waals surface area (Å²) >= 11 is 0. The van der Waals surface area contributed by atoms with Crippen LogP contribution in [0.1, 0.15) is 22.5 Å². The summed E-state index contributed by atoms with van der Waals surface area (Å²) in [6.45, 7) is 3.43. The van der Waals surface area contributed by atoms with Crippen LogP contribution in [0.5, 0.6) is 0 Å². The number of carboxylic acid groups (broad SMARTS) is 1. The van der Waals surface area contributed by atoms with Crippen molar-refractivity contribution in [1.82, 2.24) is 4.57 Å². The van der Waals surface area contributed by atoms with Crippen LogP contribution < -0.4 is 5.32 Å². The maximum atomic E-state index is 13.4. The van der Waals surface area contributed by atoms with Crippen LogP contribution in [0.2, 0.25) is 0 Å². The molecule has 2 N–H and O–H groups in total. The molecule has 1 aromatic heterocycles. The number of rotatable bonds is 1. The molecular weight excluding hydrogens is 287 g/mol. The van der Waals surface area contributed by atoms with Crippen LogP contribution in [0.4, 0.5) is 14.9 Å². The Morgan fingerprint density at radius 3 is 2.73 bits per heavy atom. The first-order chi connectivity index (χ1) is 10.4. The summed E-state index contributed by atoms with van der Waals surface area (Å²) in [6.07, 6.45) is 0.354. The number of aromatic nitrogens is 1. The van der Waals surface area contributed by atoms with Crippen LogP contribution in [-0.2, 0) is 4.79 Å². The number of anilines is 1. The number of benzene rings is 1. The summed E-state index contributed by atoms with van der Waals surface area (Å²) in [5.41, 5.74) is 2.87. The largest absolute Gasteiger partial charge is 0.464 e. The lowest BCUT2D eigenvalue weighted by molar-refractivity contribution is -0.110. The zero-order chi connectivity index (χ0) is 16.0. The van der Waals surface area contributed by atoms with Crippen molar-refractivity contribution < 1.29 is 19.1 Å². The number of nitrogens with one attached hydrogen (secondary N) is 1. The Hall–Kier alpha value is -2.89. The topological polar surface area (TPSA) is 71.3 Å². The smallest absolute Gasteiger partial charge is 0.416 e. The molecule has 5 nitrogen and oxygen atoms in total. The molecule has 0 bridgehead atoms. The number of amides is 1. The number of nitrogens with zero attached hydrogens (tertiary/aromatic N) is 1. The van der Waals surface area contributed by atoms with Gasteiger partial charge in [-0.05, 0) is 49.8 Å². The molecule has 112 valence electrons. The van der Waals surface area contributed by atoms with Crippen molar-refractivity contribution in [3.63, 3.8) is 0 Å². The van der Waals surface area contributed by atoms with Crippen LogP contribution in [0.3, 0.4) is 0 Å². The fourth-order valence-electron chi connectivity index (χ4n) is 2.69. The Labute approximate surface area is 125 Å². The number of hydrogen-bond acceptors (Lipinski definition) is 2. The van der Waals surface area contributed by atoms with Crippen molar-refractivity contribution in [3.8, 4) is 0 Å².